The van der Waals surface area contributed by atoms with Gasteiger partial charge in [0.05, 0.1) is 11.0 Å². The highest BCUT2D eigenvalue weighted by Gasteiger charge is 2.26. The van der Waals surface area contributed by atoms with Gasteiger partial charge in [0.25, 0.3) is 0 Å². The van der Waals surface area contributed by atoms with Crippen molar-refractivity contribution < 1.29 is 9.18 Å². The first-order valence-corrected chi connectivity index (χ1v) is 8.91. The van der Waals surface area contributed by atoms with Gasteiger partial charge < -0.3 is 15.2 Å². The molecule has 1 unspecified atom stereocenters. The lowest BCUT2D eigenvalue weighted by atomic mass is 9.97. The van der Waals surface area contributed by atoms with Crippen LogP contribution in [0.5, 0.6) is 0 Å². The van der Waals surface area contributed by atoms with Crippen LogP contribution in [-0.2, 0) is 6.54 Å². The number of para-hydroxylation sites is 2. The highest BCUT2D eigenvalue weighted by Crippen LogP contribution is 2.26. The Morgan fingerprint density at radius 2 is 2.04 bits per heavy atom. The molecule has 0 bridgehead atoms. The molecular weight excluding hydrogens is 331 g/mol. The standard InChI is InChI=1S/C20H21FN4O/c21-16-9-7-14(8-10-16)12-22-20(26)25-11-3-4-15(13-25)19-23-17-5-1-2-6-18(17)24-19/h1-2,5-10,15H,3-4,11-13H2,(H,22,26)(H,23,24). The fraction of sp³-hybridized carbons (Fsp3) is 0.300. The number of fused-ring (bicyclic) bond motifs is 1. The first-order chi connectivity index (χ1) is 12.7. The number of nitrogens with one attached hydrogen (secondary N) is 2. The molecule has 1 aliphatic heterocycles. The summed E-state index contributed by atoms with van der Waals surface area (Å²) in [5.41, 5.74) is 2.87. The average Bonchev–Trinajstić information content (AvgIpc) is 3.12. The predicted molar refractivity (Wildman–Crippen MR) is 98.3 cm³/mol. The van der Waals surface area contributed by atoms with Gasteiger partial charge in [-0.15, -0.1) is 0 Å². The number of amides is 2. The minimum atomic E-state index is -0.273. The molecule has 1 atom stereocenters. The molecule has 26 heavy (non-hydrogen) atoms. The van der Waals surface area contributed by atoms with E-state index < -0.39 is 0 Å². The SMILES string of the molecule is O=C(NCc1ccc(F)cc1)N1CCCC(c2nc3ccccc3[nH]2)C1. The van der Waals surface area contributed by atoms with Gasteiger partial charge in [0.2, 0.25) is 0 Å². The molecule has 4 rings (SSSR count). The van der Waals surface area contributed by atoms with Gasteiger partial charge >= 0.3 is 6.03 Å². The number of aromatic amines is 1. The maximum Gasteiger partial charge on any atom is 0.317 e. The number of carbonyl (C=O) groups excluding carboxylic acids is 1. The monoisotopic (exact) mass is 352 g/mol. The summed E-state index contributed by atoms with van der Waals surface area (Å²) in [5, 5.41) is 2.92. The number of rotatable bonds is 3. The molecule has 3 aromatic rings. The average molecular weight is 352 g/mol. The summed E-state index contributed by atoms with van der Waals surface area (Å²) in [7, 11) is 0. The molecule has 1 aliphatic rings. The Kier molecular flexibility index (Phi) is 4.56. The fourth-order valence-electron chi connectivity index (χ4n) is 3.44. The van der Waals surface area contributed by atoms with Crippen molar-refractivity contribution in [2.75, 3.05) is 13.1 Å². The molecule has 0 spiro atoms. The van der Waals surface area contributed by atoms with Crippen molar-refractivity contribution in [1.82, 2.24) is 20.2 Å². The lowest BCUT2D eigenvalue weighted by Gasteiger charge is -2.31. The van der Waals surface area contributed by atoms with Crippen molar-refractivity contribution in [3.63, 3.8) is 0 Å². The smallest absolute Gasteiger partial charge is 0.317 e. The van der Waals surface area contributed by atoms with Crippen LogP contribution in [-0.4, -0.2) is 34.0 Å². The Hall–Kier alpha value is -2.89. The van der Waals surface area contributed by atoms with Crippen molar-refractivity contribution in [3.05, 3.63) is 65.7 Å². The highest BCUT2D eigenvalue weighted by molar-refractivity contribution is 5.75. The third kappa shape index (κ3) is 3.54. The van der Waals surface area contributed by atoms with Crippen molar-refractivity contribution in [2.24, 2.45) is 0 Å². The molecule has 134 valence electrons. The van der Waals surface area contributed by atoms with Crippen LogP contribution in [0, 0.1) is 5.82 Å². The molecule has 1 fully saturated rings. The quantitative estimate of drug-likeness (QED) is 0.753. The third-order valence-corrected chi connectivity index (χ3v) is 4.86. The lowest BCUT2D eigenvalue weighted by Crippen LogP contribution is -2.44. The van der Waals surface area contributed by atoms with E-state index in [0.29, 0.717) is 13.1 Å². The van der Waals surface area contributed by atoms with E-state index in [1.54, 1.807) is 12.1 Å². The zero-order chi connectivity index (χ0) is 17.9. The number of hydrogen-bond acceptors (Lipinski definition) is 2. The van der Waals surface area contributed by atoms with E-state index in [4.69, 9.17) is 0 Å². The van der Waals surface area contributed by atoms with Gasteiger partial charge in [0.15, 0.2) is 0 Å². The minimum Gasteiger partial charge on any atom is -0.342 e. The number of benzene rings is 2. The summed E-state index contributed by atoms with van der Waals surface area (Å²) in [6.07, 6.45) is 1.97. The number of aromatic nitrogens is 2. The second-order valence-electron chi connectivity index (χ2n) is 6.71. The number of urea groups is 1. The molecule has 6 heteroatoms. The van der Waals surface area contributed by atoms with Crippen molar-refractivity contribution >= 4 is 17.1 Å². The summed E-state index contributed by atoms with van der Waals surface area (Å²) in [6.45, 7) is 1.78. The van der Waals surface area contributed by atoms with Crippen LogP contribution in [0.1, 0.15) is 30.1 Å². The first-order valence-electron chi connectivity index (χ1n) is 8.91. The molecule has 2 heterocycles. The molecule has 5 nitrogen and oxygen atoms in total. The number of likely N-dealkylation sites (tertiary alicyclic amines) is 1. The molecule has 0 aliphatic carbocycles. The van der Waals surface area contributed by atoms with Crippen molar-refractivity contribution in [3.8, 4) is 0 Å². The molecular formula is C20H21FN4O. The van der Waals surface area contributed by atoms with Gasteiger partial charge in [-0.2, -0.15) is 0 Å². The molecule has 0 saturated carbocycles. The van der Waals surface area contributed by atoms with Crippen molar-refractivity contribution in [2.45, 2.75) is 25.3 Å². The van der Waals surface area contributed by atoms with Crippen LogP contribution in [0.4, 0.5) is 9.18 Å². The van der Waals surface area contributed by atoms with Crippen LogP contribution in [0.3, 0.4) is 0 Å². The molecule has 1 saturated heterocycles. The van der Waals surface area contributed by atoms with Crippen LogP contribution in [0.2, 0.25) is 0 Å². The number of imidazole rings is 1. The van der Waals surface area contributed by atoms with Crippen molar-refractivity contribution in [1.29, 1.82) is 0 Å². The summed E-state index contributed by atoms with van der Waals surface area (Å²) in [5.74, 6) is 0.889. The maximum atomic E-state index is 13.0. The first kappa shape index (κ1) is 16.6. The fourth-order valence-corrected chi connectivity index (χ4v) is 3.44. The summed E-state index contributed by atoms with van der Waals surface area (Å²) in [4.78, 5) is 22.4. The van der Waals surface area contributed by atoms with Gasteiger partial charge in [0.1, 0.15) is 11.6 Å². The second kappa shape index (κ2) is 7.15. The Labute approximate surface area is 151 Å². The lowest BCUT2D eigenvalue weighted by molar-refractivity contribution is 0.178. The zero-order valence-electron chi connectivity index (χ0n) is 14.4. The number of H-pyrrole nitrogens is 1. The second-order valence-corrected chi connectivity index (χ2v) is 6.71. The van der Waals surface area contributed by atoms with Crippen LogP contribution in [0.25, 0.3) is 11.0 Å². The van der Waals surface area contributed by atoms with E-state index >= 15 is 0 Å². The van der Waals surface area contributed by atoms with E-state index in [1.165, 1.54) is 12.1 Å². The Morgan fingerprint density at radius 3 is 2.85 bits per heavy atom. The van der Waals surface area contributed by atoms with Gasteiger partial charge in [-0.3, -0.25) is 0 Å². The van der Waals surface area contributed by atoms with Gasteiger partial charge in [0, 0.05) is 25.6 Å². The molecule has 2 aromatic carbocycles. The molecule has 1 aromatic heterocycles. The molecule has 2 N–H and O–H groups in total. The summed E-state index contributed by atoms with van der Waals surface area (Å²) in [6, 6.07) is 14.1. The van der Waals surface area contributed by atoms with E-state index in [1.807, 2.05) is 29.2 Å². The largest absolute Gasteiger partial charge is 0.342 e. The molecule has 0 radical (unpaired) electrons. The third-order valence-electron chi connectivity index (χ3n) is 4.86. The summed E-state index contributed by atoms with van der Waals surface area (Å²) < 4.78 is 13.0. The van der Waals surface area contributed by atoms with Crippen LogP contribution >= 0.6 is 0 Å². The minimum absolute atomic E-state index is 0.0878. The number of hydrogen-bond donors (Lipinski definition) is 2. The van der Waals surface area contributed by atoms with Gasteiger partial charge in [-0.05, 0) is 42.7 Å². The Bertz CT molecular complexity index is 873. The number of carbonyl (C=O) groups is 1. The zero-order valence-corrected chi connectivity index (χ0v) is 14.4. The maximum absolute atomic E-state index is 13.0. The van der Waals surface area contributed by atoms with Gasteiger partial charge in [-0.1, -0.05) is 24.3 Å². The van der Waals surface area contributed by atoms with Gasteiger partial charge in [-0.25, -0.2) is 14.2 Å². The number of nitrogens with zero attached hydrogens (tertiary/aromatic N) is 2. The summed E-state index contributed by atoms with van der Waals surface area (Å²) >= 11 is 0. The normalized spacial score (nSPS) is 17.4. The van der Waals surface area contributed by atoms with E-state index in [0.717, 1.165) is 41.8 Å². The topological polar surface area (TPSA) is 61.0 Å². The van der Waals surface area contributed by atoms with E-state index in [9.17, 15) is 9.18 Å². The Balaban J connectivity index is 1.39. The van der Waals surface area contributed by atoms with Crippen LogP contribution < -0.4 is 5.32 Å². The van der Waals surface area contributed by atoms with E-state index in [2.05, 4.69) is 15.3 Å². The molecule has 2 amide bonds. The number of halogens is 1. The predicted octanol–water partition coefficient (Wildman–Crippen LogP) is 3.79. The highest BCUT2D eigenvalue weighted by atomic mass is 19.1. The van der Waals surface area contributed by atoms with Crippen LogP contribution in [0.15, 0.2) is 48.5 Å². The number of piperidine rings is 1. The van der Waals surface area contributed by atoms with E-state index in [-0.39, 0.29) is 17.8 Å². The Morgan fingerprint density at radius 1 is 1.23 bits per heavy atom.